The first-order valence-corrected chi connectivity index (χ1v) is 6.42. The van der Waals surface area contributed by atoms with Gasteiger partial charge in [-0.15, -0.1) is 5.10 Å². The van der Waals surface area contributed by atoms with E-state index in [1.54, 1.807) is 13.8 Å². The number of carboxylic acid groups (broad SMARTS) is 1. The van der Waals surface area contributed by atoms with E-state index in [9.17, 15) is 27.9 Å². The van der Waals surface area contributed by atoms with Crippen LogP contribution in [0.1, 0.15) is 25.5 Å². The van der Waals surface area contributed by atoms with Gasteiger partial charge < -0.3 is 15.2 Å². The summed E-state index contributed by atoms with van der Waals surface area (Å²) < 4.78 is 38.3. The zero-order chi connectivity index (χ0) is 16.9. The molecule has 1 N–H and O–H groups in total. The third kappa shape index (κ3) is 3.86. The minimum absolute atomic E-state index is 0. The molecule has 1 aliphatic carbocycles. The number of nitrogens with one attached hydrogen (secondary N) is 1. The van der Waals surface area contributed by atoms with Crippen molar-refractivity contribution in [3.63, 3.8) is 0 Å². The van der Waals surface area contributed by atoms with E-state index >= 15 is 0 Å². The minimum Gasteiger partial charge on any atom is -0.550 e. The predicted molar refractivity (Wildman–Crippen MR) is 63.6 cm³/mol. The number of halogens is 3. The van der Waals surface area contributed by atoms with Crippen LogP contribution in [0.5, 0.6) is 0 Å². The van der Waals surface area contributed by atoms with Gasteiger partial charge in [0.15, 0.2) is 0 Å². The smallest absolute Gasteiger partial charge is 0.550 e. The maximum atomic E-state index is 12.5. The first kappa shape index (κ1) is 19.9. The molecule has 1 fully saturated rings. The Morgan fingerprint density at radius 2 is 1.91 bits per heavy atom. The number of alkyl halides is 3. The first-order valence-electron chi connectivity index (χ1n) is 6.42. The van der Waals surface area contributed by atoms with Crippen molar-refractivity contribution in [2.24, 2.45) is 24.3 Å². The van der Waals surface area contributed by atoms with Crippen molar-refractivity contribution < 1.29 is 57.4 Å². The summed E-state index contributed by atoms with van der Waals surface area (Å²) in [6.45, 7) is 2.95. The summed E-state index contributed by atoms with van der Waals surface area (Å²) in [5, 5.41) is 16.5. The predicted octanol–water partition coefficient (Wildman–Crippen LogP) is -3.52. The van der Waals surface area contributed by atoms with Gasteiger partial charge in [0, 0.05) is 18.9 Å². The van der Waals surface area contributed by atoms with E-state index in [1.807, 2.05) is 0 Å². The maximum absolute atomic E-state index is 12.5. The van der Waals surface area contributed by atoms with Gasteiger partial charge in [-0.3, -0.25) is 9.48 Å². The molecule has 2 atom stereocenters. The van der Waals surface area contributed by atoms with Crippen LogP contribution in [-0.2, 0) is 29.4 Å². The van der Waals surface area contributed by atoms with E-state index in [4.69, 9.17) is 0 Å². The number of aromatic nitrogens is 3. The summed E-state index contributed by atoms with van der Waals surface area (Å²) >= 11 is 0. The average molecular weight is 342 g/mol. The van der Waals surface area contributed by atoms with Crippen LogP contribution >= 0.6 is 0 Å². The van der Waals surface area contributed by atoms with E-state index < -0.39 is 41.1 Å². The van der Waals surface area contributed by atoms with Crippen LogP contribution in [0.4, 0.5) is 13.2 Å². The van der Waals surface area contributed by atoms with Gasteiger partial charge in [0.2, 0.25) is 5.91 Å². The molecule has 122 valence electrons. The molecule has 7 nitrogen and oxygen atoms in total. The molecular weight excluding hydrogens is 328 g/mol. The number of nitrogens with zero attached hydrogens (tertiary/aromatic N) is 3. The molecule has 0 aromatic carbocycles. The monoisotopic (exact) mass is 342 g/mol. The van der Waals surface area contributed by atoms with Crippen LogP contribution in [0, 0.1) is 17.3 Å². The molecule has 0 aliphatic heterocycles. The molecule has 0 radical (unpaired) electrons. The summed E-state index contributed by atoms with van der Waals surface area (Å²) in [5.74, 6) is -4.92. The third-order valence-corrected chi connectivity index (χ3v) is 3.89. The number of hydrogen-bond acceptors (Lipinski definition) is 5. The fourth-order valence-electron chi connectivity index (χ4n) is 2.53. The van der Waals surface area contributed by atoms with Crippen LogP contribution in [-0.4, -0.2) is 26.6 Å². The van der Waals surface area contributed by atoms with E-state index in [0.29, 0.717) is 0 Å². The van der Waals surface area contributed by atoms with Crippen molar-refractivity contribution in [3.05, 3.63) is 11.6 Å². The van der Waals surface area contributed by atoms with Gasteiger partial charge in [-0.05, 0) is 5.41 Å². The van der Waals surface area contributed by atoms with Gasteiger partial charge in [-0.25, -0.2) is 4.98 Å². The van der Waals surface area contributed by atoms with Gasteiger partial charge in [0.05, 0.1) is 12.5 Å². The molecule has 0 saturated heterocycles. The van der Waals surface area contributed by atoms with Gasteiger partial charge in [-0.2, -0.15) is 13.2 Å². The van der Waals surface area contributed by atoms with Crippen molar-refractivity contribution in [2.75, 3.05) is 0 Å². The molecular formula is C12H14F3N4NaO3. The summed E-state index contributed by atoms with van der Waals surface area (Å²) in [7, 11) is 1.27. The van der Waals surface area contributed by atoms with Gasteiger partial charge in [0.1, 0.15) is 5.82 Å². The summed E-state index contributed by atoms with van der Waals surface area (Å²) in [5.41, 5.74) is -0.736. The zero-order valence-corrected chi connectivity index (χ0v) is 15.1. The first-order chi connectivity index (χ1) is 9.96. The summed E-state index contributed by atoms with van der Waals surface area (Å²) in [4.78, 5) is 26.1. The Morgan fingerprint density at radius 3 is 2.30 bits per heavy atom. The molecule has 1 amide bonds. The summed E-state index contributed by atoms with van der Waals surface area (Å²) in [6.07, 6.45) is -4.67. The molecule has 1 aromatic heterocycles. The molecule has 2 rings (SSSR count). The van der Waals surface area contributed by atoms with Crippen molar-refractivity contribution in [2.45, 2.75) is 26.6 Å². The topological polar surface area (TPSA) is 99.9 Å². The molecule has 1 heterocycles. The Labute approximate surface area is 151 Å². The second-order valence-electron chi connectivity index (χ2n) is 5.79. The number of hydrogen-bond donors (Lipinski definition) is 1. The molecule has 0 unspecified atom stereocenters. The number of amides is 1. The molecule has 0 spiro atoms. The van der Waals surface area contributed by atoms with Crippen molar-refractivity contribution >= 4 is 11.9 Å². The third-order valence-electron chi connectivity index (χ3n) is 3.89. The largest absolute Gasteiger partial charge is 1.00 e. The molecule has 1 saturated carbocycles. The van der Waals surface area contributed by atoms with E-state index in [0.717, 1.165) is 4.68 Å². The van der Waals surface area contributed by atoms with Gasteiger partial charge in [0.25, 0.3) is 5.82 Å². The van der Waals surface area contributed by atoms with Crippen LogP contribution < -0.4 is 40.0 Å². The number of carbonyl (C=O) groups excluding carboxylic acids is 2. The van der Waals surface area contributed by atoms with Crippen molar-refractivity contribution in [1.29, 1.82) is 0 Å². The Morgan fingerprint density at radius 1 is 1.35 bits per heavy atom. The van der Waals surface area contributed by atoms with Crippen LogP contribution in [0.25, 0.3) is 0 Å². The van der Waals surface area contributed by atoms with Gasteiger partial charge >= 0.3 is 35.7 Å². The van der Waals surface area contributed by atoms with Crippen molar-refractivity contribution in [1.82, 2.24) is 20.1 Å². The van der Waals surface area contributed by atoms with Crippen LogP contribution in [0.15, 0.2) is 0 Å². The van der Waals surface area contributed by atoms with Crippen molar-refractivity contribution in [3.8, 4) is 0 Å². The number of aliphatic carboxylic acids is 1. The fourth-order valence-corrected chi connectivity index (χ4v) is 2.53. The van der Waals surface area contributed by atoms with E-state index in [1.165, 1.54) is 7.05 Å². The normalized spacial score (nSPS) is 22.2. The molecule has 23 heavy (non-hydrogen) atoms. The number of rotatable bonds is 4. The number of carbonyl (C=O) groups is 2. The number of carboxylic acids is 1. The Hall–Kier alpha value is -1.13. The number of aryl methyl sites for hydroxylation is 1. The van der Waals surface area contributed by atoms with Crippen LogP contribution in [0.2, 0.25) is 0 Å². The molecule has 11 heteroatoms. The SMILES string of the molecule is Cn1nc(C(F)(F)F)nc1CNC(=O)[C@@H]1[C@H](C(=O)[O-])C1(C)C.[Na+]. The molecule has 1 aliphatic rings. The second-order valence-corrected chi connectivity index (χ2v) is 5.79. The quantitative estimate of drug-likeness (QED) is 0.572. The minimum atomic E-state index is -4.67. The van der Waals surface area contributed by atoms with Crippen LogP contribution in [0.3, 0.4) is 0 Å². The van der Waals surface area contributed by atoms with Gasteiger partial charge in [-0.1, -0.05) is 13.8 Å². The Kier molecular flexibility index (Phi) is 5.55. The average Bonchev–Trinajstić information content (AvgIpc) is 2.73. The zero-order valence-electron chi connectivity index (χ0n) is 13.1. The maximum Gasteiger partial charge on any atom is 1.00 e. The molecule has 0 bridgehead atoms. The second kappa shape index (κ2) is 6.40. The van der Waals surface area contributed by atoms with E-state index in [2.05, 4.69) is 15.4 Å². The molecule has 1 aromatic rings. The Balaban J connectivity index is 0.00000264. The summed E-state index contributed by atoms with van der Waals surface area (Å²) in [6, 6.07) is 0. The Bertz CT molecular complexity index is 630. The fraction of sp³-hybridized carbons (Fsp3) is 0.667. The standard InChI is InChI=1S/C12H15F3N4O3.Na/c1-11(2)6(7(11)9(21)22)8(20)16-4-5-17-10(12(13,14)15)18-19(5)3;/h6-7H,4H2,1-3H3,(H,16,20)(H,21,22);/q;+1/p-1/t6-,7+;/m0./s1. The van der Waals surface area contributed by atoms with E-state index in [-0.39, 0.29) is 41.9 Å².